The summed E-state index contributed by atoms with van der Waals surface area (Å²) >= 11 is 0. The van der Waals surface area contributed by atoms with Gasteiger partial charge in [0.2, 0.25) is 0 Å². The van der Waals surface area contributed by atoms with Gasteiger partial charge in [-0.2, -0.15) is 0 Å². The molecule has 1 aliphatic carbocycles. The molecular formula is C13H18N2O3. The van der Waals surface area contributed by atoms with Crippen LogP contribution in [0.2, 0.25) is 0 Å². The van der Waals surface area contributed by atoms with Crippen LogP contribution in [0.1, 0.15) is 30.1 Å². The summed E-state index contributed by atoms with van der Waals surface area (Å²) in [6.45, 7) is 2.33. The molecule has 1 aromatic rings. The van der Waals surface area contributed by atoms with Crippen LogP contribution in [0, 0.1) is 0 Å². The monoisotopic (exact) mass is 250 g/mol. The summed E-state index contributed by atoms with van der Waals surface area (Å²) in [6.07, 6.45) is 0.903. The minimum atomic E-state index is -0.296. The molecule has 1 saturated carbocycles. The fourth-order valence-corrected chi connectivity index (χ4v) is 2.03. The number of carbonyl (C=O) groups excluding carboxylic acids is 1. The number of aliphatic hydroxyl groups excluding tert-OH is 1. The van der Waals surface area contributed by atoms with Gasteiger partial charge >= 0.3 is 0 Å². The zero-order chi connectivity index (χ0) is 13.1. The first kappa shape index (κ1) is 12.7. The van der Waals surface area contributed by atoms with E-state index in [0.717, 1.165) is 0 Å². The fraction of sp³-hybridized carbons (Fsp3) is 0.462. The largest absolute Gasteiger partial charge is 0.493 e. The molecule has 0 radical (unpaired) electrons. The van der Waals surface area contributed by atoms with E-state index in [-0.39, 0.29) is 18.1 Å². The quantitative estimate of drug-likeness (QED) is 0.694. The second kappa shape index (κ2) is 5.27. The Morgan fingerprint density at radius 1 is 1.56 bits per heavy atom. The van der Waals surface area contributed by atoms with E-state index in [4.69, 9.17) is 10.5 Å². The average Bonchev–Trinajstić information content (AvgIpc) is 2.27. The molecule has 1 fully saturated rings. The van der Waals surface area contributed by atoms with Crippen molar-refractivity contribution in [2.75, 3.05) is 12.3 Å². The Morgan fingerprint density at radius 3 is 2.89 bits per heavy atom. The van der Waals surface area contributed by atoms with Gasteiger partial charge < -0.3 is 20.9 Å². The first-order valence-electron chi connectivity index (χ1n) is 6.12. The molecule has 0 saturated heterocycles. The van der Waals surface area contributed by atoms with Crippen LogP contribution in [0.5, 0.6) is 5.75 Å². The molecule has 5 nitrogen and oxygen atoms in total. The van der Waals surface area contributed by atoms with Gasteiger partial charge in [-0.1, -0.05) is 6.07 Å². The number of rotatable bonds is 4. The van der Waals surface area contributed by atoms with E-state index in [9.17, 15) is 9.90 Å². The van der Waals surface area contributed by atoms with Crippen molar-refractivity contribution in [2.24, 2.45) is 0 Å². The molecule has 98 valence electrons. The molecule has 0 unspecified atom stereocenters. The predicted octanol–water partition coefficient (Wildman–Crippen LogP) is 0.921. The van der Waals surface area contributed by atoms with Crippen molar-refractivity contribution in [3.8, 4) is 5.75 Å². The van der Waals surface area contributed by atoms with Gasteiger partial charge in [0, 0.05) is 11.7 Å². The number of hydrogen-bond acceptors (Lipinski definition) is 4. The van der Waals surface area contributed by atoms with Crippen LogP contribution in [0.3, 0.4) is 0 Å². The third-order valence-electron chi connectivity index (χ3n) is 3.03. The Kier molecular flexibility index (Phi) is 3.72. The first-order chi connectivity index (χ1) is 8.61. The number of nitrogen functional groups attached to an aromatic ring is 1. The molecule has 18 heavy (non-hydrogen) atoms. The molecule has 4 N–H and O–H groups in total. The molecule has 2 rings (SSSR count). The number of carbonyl (C=O) groups is 1. The first-order valence-corrected chi connectivity index (χ1v) is 6.12. The molecule has 1 aliphatic rings. The van der Waals surface area contributed by atoms with E-state index >= 15 is 0 Å². The highest BCUT2D eigenvalue weighted by molar-refractivity contribution is 6.02. The second-order valence-corrected chi connectivity index (χ2v) is 4.45. The fourth-order valence-electron chi connectivity index (χ4n) is 2.03. The summed E-state index contributed by atoms with van der Waals surface area (Å²) in [7, 11) is 0. The number of nitrogens with two attached hydrogens (primary N) is 1. The van der Waals surface area contributed by atoms with Gasteiger partial charge in [0.1, 0.15) is 11.3 Å². The topological polar surface area (TPSA) is 84.6 Å². The lowest BCUT2D eigenvalue weighted by Crippen LogP contribution is -2.46. The summed E-state index contributed by atoms with van der Waals surface area (Å²) in [5, 5.41) is 12.0. The molecule has 0 aromatic heterocycles. The highest BCUT2D eigenvalue weighted by Gasteiger charge is 2.29. The maximum Gasteiger partial charge on any atom is 0.257 e. The summed E-state index contributed by atoms with van der Waals surface area (Å²) in [5.74, 6) is 0.253. The van der Waals surface area contributed by atoms with Crippen LogP contribution in [0.4, 0.5) is 5.69 Å². The average molecular weight is 250 g/mol. The van der Waals surface area contributed by atoms with Gasteiger partial charge in [0.05, 0.1) is 12.7 Å². The van der Waals surface area contributed by atoms with Gasteiger partial charge in [-0.25, -0.2) is 0 Å². The highest BCUT2D eigenvalue weighted by Crippen LogP contribution is 2.26. The molecule has 1 aromatic carbocycles. The summed E-state index contributed by atoms with van der Waals surface area (Å²) < 4.78 is 5.40. The summed E-state index contributed by atoms with van der Waals surface area (Å²) in [6, 6.07) is 5.18. The summed E-state index contributed by atoms with van der Waals surface area (Å²) in [4.78, 5) is 12.1. The second-order valence-electron chi connectivity index (χ2n) is 4.45. The zero-order valence-electron chi connectivity index (χ0n) is 10.3. The van der Waals surface area contributed by atoms with Gasteiger partial charge in [-0.3, -0.25) is 4.79 Å². The molecule has 1 amide bonds. The van der Waals surface area contributed by atoms with Crippen molar-refractivity contribution >= 4 is 11.6 Å². The van der Waals surface area contributed by atoms with Crippen molar-refractivity contribution in [3.05, 3.63) is 23.8 Å². The minimum Gasteiger partial charge on any atom is -0.493 e. The van der Waals surface area contributed by atoms with Crippen LogP contribution >= 0.6 is 0 Å². The van der Waals surface area contributed by atoms with Crippen LogP contribution in [0.15, 0.2) is 18.2 Å². The van der Waals surface area contributed by atoms with Crippen LogP contribution < -0.4 is 15.8 Å². The molecular weight excluding hydrogens is 232 g/mol. The number of amides is 1. The van der Waals surface area contributed by atoms with Gasteiger partial charge in [-0.05, 0) is 31.9 Å². The number of hydrogen-bond donors (Lipinski definition) is 3. The predicted molar refractivity (Wildman–Crippen MR) is 68.5 cm³/mol. The van der Waals surface area contributed by atoms with Gasteiger partial charge in [0.15, 0.2) is 0 Å². The van der Waals surface area contributed by atoms with Crippen molar-refractivity contribution in [1.82, 2.24) is 5.32 Å². The number of anilines is 1. The lowest BCUT2D eigenvalue weighted by molar-refractivity contribution is 0.0562. The van der Waals surface area contributed by atoms with E-state index in [0.29, 0.717) is 36.4 Å². The Hall–Kier alpha value is -1.75. The maximum absolute atomic E-state index is 12.1. The Balaban J connectivity index is 2.13. The van der Waals surface area contributed by atoms with E-state index in [1.165, 1.54) is 0 Å². The van der Waals surface area contributed by atoms with Crippen molar-refractivity contribution in [1.29, 1.82) is 0 Å². The number of aliphatic hydroxyl groups is 1. The van der Waals surface area contributed by atoms with E-state index in [1.54, 1.807) is 18.2 Å². The molecule has 0 bridgehead atoms. The Labute approximate surface area is 106 Å². The maximum atomic E-state index is 12.1. The number of benzene rings is 1. The standard InChI is InChI=1S/C13H18N2O3/c1-2-18-11-5-3-4-10(14)12(11)13(17)15-8-6-9(16)7-8/h3-5,8-9,16H,2,6-7,14H2,1H3,(H,15,17). The third kappa shape index (κ3) is 2.56. The highest BCUT2D eigenvalue weighted by atomic mass is 16.5. The van der Waals surface area contributed by atoms with Crippen molar-refractivity contribution < 1.29 is 14.6 Å². The molecule has 5 heteroatoms. The molecule has 0 atom stereocenters. The lowest BCUT2D eigenvalue weighted by Gasteiger charge is -2.32. The van der Waals surface area contributed by atoms with Crippen LogP contribution in [-0.4, -0.2) is 29.8 Å². The van der Waals surface area contributed by atoms with Crippen LogP contribution in [0.25, 0.3) is 0 Å². The SMILES string of the molecule is CCOc1cccc(N)c1C(=O)NC1CC(O)C1. The van der Waals surface area contributed by atoms with Gasteiger partial charge in [-0.15, -0.1) is 0 Å². The van der Waals surface area contributed by atoms with Gasteiger partial charge in [0.25, 0.3) is 5.91 Å². The van der Waals surface area contributed by atoms with E-state index in [2.05, 4.69) is 5.32 Å². The number of ether oxygens (including phenoxy) is 1. The van der Waals surface area contributed by atoms with Crippen molar-refractivity contribution in [3.63, 3.8) is 0 Å². The Bertz CT molecular complexity index is 442. The van der Waals surface area contributed by atoms with E-state index in [1.807, 2.05) is 6.92 Å². The minimum absolute atomic E-state index is 0.0292. The third-order valence-corrected chi connectivity index (χ3v) is 3.03. The summed E-state index contributed by atoms with van der Waals surface area (Å²) in [5.41, 5.74) is 6.60. The smallest absolute Gasteiger partial charge is 0.257 e. The molecule has 0 aliphatic heterocycles. The normalized spacial score (nSPS) is 22.1. The Morgan fingerprint density at radius 2 is 2.28 bits per heavy atom. The zero-order valence-corrected chi connectivity index (χ0v) is 10.3. The molecule has 0 heterocycles. The number of nitrogens with one attached hydrogen (secondary N) is 1. The van der Waals surface area contributed by atoms with E-state index < -0.39 is 0 Å². The van der Waals surface area contributed by atoms with Crippen molar-refractivity contribution in [2.45, 2.75) is 31.9 Å². The van der Waals surface area contributed by atoms with Crippen LogP contribution in [-0.2, 0) is 0 Å². The molecule has 0 spiro atoms. The lowest BCUT2D eigenvalue weighted by atomic mass is 9.89.